The zero-order valence-corrected chi connectivity index (χ0v) is 19.3. The number of rotatable bonds is 5. The highest BCUT2D eigenvalue weighted by Gasteiger charge is 2.19. The number of aryl methyl sites for hydroxylation is 2. The summed E-state index contributed by atoms with van der Waals surface area (Å²) in [6, 6.07) is 27.6. The van der Waals surface area contributed by atoms with Gasteiger partial charge in [0, 0.05) is 29.5 Å². The number of carbonyl (C=O) groups excluding carboxylic acids is 2. The average molecular weight is 462 g/mol. The van der Waals surface area contributed by atoms with Crippen LogP contribution in [0.4, 0.5) is 11.4 Å². The SMILES string of the molecule is Cc1nn(C)c2nc(-c3ccccc3)cc(C(=O)Nc3cccc(NC(=O)c4ccccc4)c3)c12. The second-order valence-electron chi connectivity index (χ2n) is 8.18. The molecular formula is C28H23N5O2. The van der Waals surface area contributed by atoms with Gasteiger partial charge in [-0.1, -0.05) is 54.6 Å². The van der Waals surface area contributed by atoms with Crippen LogP contribution < -0.4 is 10.6 Å². The highest BCUT2D eigenvalue weighted by molar-refractivity contribution is 6.13. The zero-order valence-electron chi connectivity index (χ0n) is 19.3. The van der Waals surface area contributed by atoms with Gasteiger partial charge in [-0.2, -0.15) is 5.10 Å². The van der Waals surface area contributed by atoms with Crippen LogP contribution in [0.25, 0.3) is 22.3 Å². The minimum Gasteiger partial charge on any atom is -0.322 e. The summed E-state index contributed by atoms with van der Waals surface area (Å²) in [5.74, 6) is -0.499. The van der Waals surface area contributed by atoms with Crippen molar-refractivity contribution in [3.63, 3.8) is 0 Å². The number of anilines is 2. The average Bonchev–Trinajstić information content (AvgIpc) is 3.18. The molecule has 172 valence electrons. The molecule has 7 nitrogen and oxygen atoms in total. The molecule has 0 unspecified atom stereocenters. The van der Waals surface area contributed by atoms with Crippen molar-refractivity contribution in [3.05, 3.63) is 108 Å². The molecule has 2 amide bonds. The first-order chi connectivity index (χ1) is 17.0. The summed E-state index contributed by atoms with van der Waals surface area (Å²) in [7, 11) is 1.82. The molecule has 7 heteroatoms. The van der Waals surface area contributed by atoms with Gasteiger partial charge in [0.25, 0.3) is 11.8 Å². The fourth-order valence-corrected chi connectivity index (χ4v) is 4.05. The van der Waals surface area contributed by atoms with Gasteiger partial charge in [0.1, 0.15) is 0 Å². The van der Waals surface area contributed by atoms with Crippen molar-refractivity contribution in [3.8, 4) is 11.3 Å². The Balaban J connectivity index is 1.46. The Bertz CT molecular complexity index is 1540. The number of pyridine rings is 1. The summed E-state index contributed by atoms with van der Waals surface area (Å²) in [6.45, 7) is 1.86. The van der Waals surface area contributed by atoms with E-state index in [0.29, 0.717) is 39.2 Å². The smallest absolute Gasteiger partial charge is 0.256 e. The Kier molecular flexibility index (Phi) is 5.81. The summed E-state index contributed by atoms with van der Waals surface area (Å²) >= 11 is 0. The van der Waals surface area contributed by atoms with Crippen LogP contribution in [0.3, 0.4) is 0 Å². The molecule has 0 aliphatic carbocycles. The van der Waals surface area contributed by atoms with E-state index >= 15 is 0 Å². The fourth-order valence-electron chi connectivity index (χ4n) is 4.05. The number of benzene rings is 3. The number of amides is 2. The van der Waals surface area contributed by atoms with Gasteiger partial charge in [-0.05, 0) is 43.3 Å². The summed E-state index contributed by atoms with van der Waals surface area (Å²) in [5, 5.41) is 11.0. The fraction of sp³-hybridized carbons (Fsp3) is 0.0714. The molecule has 0 saturated carbocycles. The van der Waals surface area contributed by atoms with Crippen LogP contribution in [0.1, 0.15) is 26.4 Å². The van der Waals surface area contributed by atoms with Crippen LogP contribution in [0.5, 0.6) is 0 Å². The van der Waals surface area contributed by atoms with E-state index < -0.39 is 0 Å². The summed E-state index contributed by atoms with van der Waals surface area (Å²) in [4.78, 5) is 30.7. The van der Waals surface area contributed by atoms with E-state index in [1.165, 1.54) is 0 Å². The zero-order chi connectivity index (χ0) is 24.4. The van der Waals surface area contributed by atoms with E-state index in [2.05, 4.69) is 15.7 Å². The number of aromatic nitrogens is 3. The van der Waals surface area contributed by atoms with Gasteiger partial charge in [0.15, 0.2) is 5.65 Å². The Morgan fingerprint density at radius 1 is 0.771 bits per heavy atom. The third-order valence-electron chi connectivity index (χ3n) is 5.70. The number of hydrogen-bond donors (Lipinski definition) is 2. The van der Waals surface area contributed by atoms with Gasteiger partial charge in [0.05, 0.1) is 22.3 Å². The maximum Gasteiger partial charge on any atom is 0.256 e. The minimum atomic E-state index is -0.280. The monoisotopic (exact) mass is 461 g/mol. The molecule has 2 N–H and O–H groups in total. The van der Waals surface area contributed by atoms with Gasteiger partial charge in [0.2, 0.25) is 0 Å². The van der Waals surface area contributed by atoms with Crippen molar-refractivity contribution in [2.75, 3.05) is 10.6 Å². The molecule has 2 heterocycles. The maximum atomic E-state index is 13.5. The Morgan fingerprint density at radius 3 is 2.09 bits per heavy atom. The molecule has 0 saturated heterocycles. The van der Waals surface area contributed by atoms with Crippen molar-refractivity contribution in [1.82, 2.24) is 14.8 Å². The molecule has 0 fully saturated rings. The molecule has 2 aromatic heterocycles. The van der Waals surface area contributed by atoms with E-state index in [1.54, 1.807) is 47.1 Å². The highest BCUT2D eigenvalue weighted by Crippen LogP contribution is 2.28. The number of carbonyl (C=O) groups is 2. The summed E-state index contributed by atoms with van der Waals surface area (Å²) < 4.78 is 1.69. The molecule has 5 aromatic rings. The van der Waals surface area contributed by atoms with Crippen molar-refractivity contribution < 1.29 is 9.59 Å². The molecule has 5 rings (SSSR count). The minimum absolute atomic E-state index is 0.219. The molecule has 0 radical (unpaired) electrons. The van der Waals surface area contributed by atoms with Crippen molar-refractivity contribution in [2.24, 2.45) is 7.05 Å². The third kappa shape index (κ3) is 4.52. The molecule has 0 spiro atoms. The van der Waals surface area contributed by atoms with Gasteiger partial charge in [-0.25, -0.2) is 4.98 Å². The van der Waals surface area contributed by atoms with Crippen LogP contribution in [0.15, 0.2) is 91.0 Å². The second-order valence-corrected chi connectivity index (χ2v) is 8.18. The standard InChI is InChI=1S/C28H23N5O2/c1-18-25-23(17-24(19-10-5-3-6-11-19)31-26(25)33(2)32-18)28(35)30-22-15-9-14-21(16-22)29-27(34)20-12-7-4-8-13-20/h3-17H,1-2H3,(H,29,34)(H,30,35). The second kappa shape index (κ2) is 9.23. The quantitative estimate of drug-likeness (QED) is 0.364. The van der Waals surface area contributed by atoms with Crippen LogP contribution in [-0.4, -0.2) is 26.6 Å². The first-order valence-corrected chi connectivity index (χ1v) is 11.2. The molecule has 0 bridgehead atoms. The number of nitrogens with zero attached hydrogens (tertiary/aromatic N) is 3. The number of fused-ring (bicyclic) bond motifs is 1. The molecule has 35 heavy (non-hydrogen) atoms. The van der Waals surface area contributed by atoms with Crippen LogP contribution in [-0.2, 0) is 7.05 Å². The molecule has 3 aromatic carbocycles. The predicted octanol–water partition coefficient (Wildman–Crippen LogP) is 5.45. The first kappa shape index (κ1) is 22.0. The van der Waals surface area contributed by atoms with Crippen LogP contribution in [0.2, 0.25) is 0 Å². The normalized spacial score (nSPS) is 10.8. The summed E-state index contributed by atoms with van der Waals surface area (Å²) in [6.07, 6.45) is 0. The summed E-state index contributed by atoms with van der Waals surface area (Å²) in [5.41, 5.74) is 5.15. The van der Waals surface area contributed by atoms with Gasteiger partial charge < -0.3 is 10.6 Å². The number of nitrogens with one attached hydrogen (secondary N) is 2. The third-order valence-corrected chi connectivity index (χ3v) is 5.70. The topological polar surface area (TPSA) is 88.9 Å². The molecule has 0 aliphatic rings. The lowest BCUT2D eigenvalue weighted by atomic mass is 10.0. The van der Waals surface area contributed by atoms with E-state index in [0.717, 1.165) is 11.3 Å². The van der Waals surface area contributed by atoms with E-state index in [9.17, 15) is 9.59 Å². The van der Waals surface area contributed by atoms with Crippen molar-refractivity contribution >= 4 is 34.2 Å². The Morgan fingerprint density at radius 2 is 1.40 bits per heavy atom. The largest absolute Gasteiger partial charge is 0.322 e. The lowest BCUT2D eigenvalue weighted by Gasteiger charge is -2.11. The highest BCUT2D eigenvalue weighted by atomic mass is 16.2. The lowest BCUT2D eigenvalue weighted by Crippen LogP contribution is -2.14. The van der Waals surface area contributed by atoms with Crippen molar-refractivity contribution in [2.45, 2.75) is 6.92 Å². The number of hydrogen-bond acceptors (Lipinski definition) is 4. The lowest BCUT2D eigenvalue weighted by molar-refractivity contribution is 0.102. The van der Waals surface area contributed by atoms with Gasteiger partial charge in [-0.15, -0.1) is 0 Å². The van der Waals surface area contributed by atoms with Gasteiger partial charge in [-0.3, -0.25) is 14.3 Å². The van der Waals surface area contributed by atoms with E-state index in [-0.39, 0.29) is 11.8 Å². The Hall–Kier alpha value is -4.78. The van der Waals surface area contributed by atoms with Gasteiger partial charge >= 0.3 is 0 Å². The molecular weight excluding hydrogens is 438 g/mol. The molecule has 0 atom stereocenters. The molecule has 0 aliphatic heterocycles. The first-order valence-electron chi connectivity index (χ1n) is 11.2. The van der Waals surface area contributed by atoms with E-state index in [1.807, 2.05) is 62.5 Å². The van der Waals surface area contributed by atoms with Crippen molar-refractivity contribution in [1.29, 1.82) is 0 Å². The Labute approximate surface area is 202 Å². The predicted molar refractivity (Wildman–Crippen MR) is 137 cm³/mol. The van der Waals surface area contributed by atoms with Crippen LogP contribution in [0, 0.1) is 6.92 Å². The maximum absolute atomic E-state index is 13.5. The van der Waals surface area contributed by atoms with E-state index in [4.69, 9.17) is 4.98 Å². The van der Waals surface area contributed by atoms with Crippen LogP contribution >= 0.6 is 0 Å².